The van der Waals surface area contributed by atoms with E-state index in [0.717, 1.165) is 31.1 Å². The molecule has 0 radical (unpaired) electrons. The Labute approximate surface area is 102 Å². The van der Waals surface area contributed by atoms with Gasteiger partial charge in [-0.05, 0) is 17.8 Å². The molecule has 4 heteroatoms. The molecule has 0 aliphatic carbocycles. The van der Waals surface area contributed by atoms with Crippen LogP contribution in [0.1, 0.15) is 27.2 Å². The first-order chi connectivity index (χ1) is 7.48. The number of likely N-dealkylation sites (tertiary alicyclic amines) is 1. The first-order valence-corrected chi connectivity index (χ1v) is 7.24. The lowest BCUT2D eigenvalue weighted by Crippen LogP contribution is -2.44. The van der Waals surface area contributed by atoms with Gasteiger partial charge >= 0.3 is 0 Å². The molecule has 3 nitrogen and oxygen atoms in total. The summed E-state index contributed by atoms with van der Waals surface area (Å²) < 4.78 is 0. The zero-order valence-corrected chi connectivity index (χ0v) is 11.3. The molecule has 2 saturated heterocycles. The van der Waals surface area contributed by atoms with Crippen molar-refractivity contribution in [3.63, 3.8) is 0 Å². The van der Waals surface area contributed by atoms with E-state index in [2.05, 4.69) is 31.0 Å². The van der Waals surface area contributed by atoms with Gasteiger partial charge in [-0.15, -0.1) is 11.8 Å². The molecular weight excluding hydrogens is 220 g/mol. The van der Waals surface area contributed by atoms with Gasteiger partial charge in [-0.3, -0.25) is 10.1 Å². The average Bonchev–Trinajstić information content (AvgIpc) is 2.87. The second kappa shape index (κ2) is 4.57. The van der Waals surface area contributed by atoms with Gasteiger partial charge in [-0.25, -0.2) is 0 Å². The molecule has 2 fully saturated rings. The van der Waals surface area contributed by atoms with Crippen LogP contribution in [-0.4, -0.2) is 41.6 Å². The average molecular weight is 242 g/mol. The molecular formula is C12H22N2OS. The van der Waals surface area contributed by atoms with Crippen LogP contribution in [-0.2, 0) is 4.79 Å². The molecule has 1 amide bonds. The number of hydrogen-bond acceptors (Lipinski definition) is 3. The summed E-state index contributed by atoms with van der Waals surface area (Å²) in [5.41, 5.74) is 0.326. The fourth-order valence-corrected chi connectivity index (χ4v) is 3.37. The highest BCUT2D eigenvalue weighted by Gasteiger charge is 2.36. The van der Waals surface area contributed by atoms with Crippen LogP contribution in [0.4, 0.5) is 0 Å². The number of thioether (sulfide) groups is 1. The van der Waals surface area contributed by atoms with Crippen LogP contribution in [0.3, 0.4) is 0 Å². The Morgan fingerprint density at radius 3 is 2.69 bits per heavy atom. The highest BCUT2D eigenvalue weighted by atomic mass is 32.2. The molecule has 16 heavy (non-hydrogen) atoms. The molecule has 2 rings (SSSR count). The van der Waals surface area contributed by atoms with Gasteiger partial charge in [0.05, 0.1) is 6.04 Å². The third-order valence-corrected chi connectivity index (χ3v) is 4.68. The SMILES string of the molecule is CC(C)(C)C1CCN(C(=O)C2CSCN2)C1. The quantitative estimate of drug-likeness (QED) is 0.757. The molecule has 2 atom stereocenters. The van der Waals surface area contributed by atoms with E-state index < -0.39 is 0 Å². The van der Waals surface area contributed by atoms with Gasteiger partial charge in [0, 0.05) is 24.7 Å². The maximum atomic E-state index is 12.2. The zero-order valence-electron chi connectivity index (χ0n) is 10.5. The van der Waals surface area contributed by atoms with E-state index in [9.17, 15) is 4.79 Å². The Hall–Kier alpha value is -0.220. The summed E-state index contributed by atoms with van der Waals surface area (Å²) in [7, 11) is 0. The Morgan fingerprint density at radius 1 is 1.44 bits per heavy atom. The van der Waals surface area contributed by atoms with Crippen molar-refractivity contribution in [1.82, 2.24) is 10.2 Å². The van der Waals surface area contributed by atoms with Gasteiger partial charge in [0.2, 0.25) is 5.91 Å². The Balaban J connectivity index is 1.90. The van der Waals surface area contributed by atoms with Crippen molar-refractivity contribution >= 4 is 17.7 Å². The minimum absolute atomic E-state index is 0.0729. The van der Waals surface area contributed by atoms with Crippen molar-refractivity contribution in [3.05, 3.63) is 0 Å². The highest BCUT2D eigenvalue weighted by molar-refractivity contribution is 7.99. The smallest absolute Gasteiger partial charge is 0.240 e. The number of carbonyl (C=O) groups is 1. The monoisotopic (exact) mass is 242 g/mol. The number of nitrogens with one attached hydrogen (secondary N) is 1. The summed E-state index contributed by atoms with van der Waals surface area (Å²) in [5.74, 6) is 2.84. The van der Waals surface area contributed by atoms with Crippen molar-refractivity contribution in [2.75, 3.05) is 24.7 Å². The summed E-state index contributed by atoms with van der Waals surface area (Å²) in [5, 5.41) is 3.26. The van der Waals surface area contributed by atoms with Gasteiger partial charge < -0.3 is 4.90 Å². The largest absolute Gasteiger partial charge is 0.341 e. The Bertz CT molecular complexity index is 269. The molecule has 2 heterocycles. The van der Waals surface area contributed by atoms with Crippen LogP contribution in [0.15, 0.2) is 0 Å². The molecule has 0 spiro atoms. The first-order valence-electron chi connectivity index (χ1n) is 6.08. The number of rotatable bonds is 1. The number of amides is 1. The van der Waals surface area contributed by atoms with Crippen molar-refractivity contribution in [3.8, 4) is 0 Å². The van der Waals surface area contributed by atoms with Crippen LogP contribution in [0.5, 0.6) is 0 Å². The molecule has 92 valence electrons. The second-order valence-electron chi connectivity index (χ2n) is 5.91. The summed E-state index contributed by atoms with van der Waals surface area (Å²) in [6.07, 6.45) is 1.16. The first kappa shape index (κ1) is 12.2. The Kier molecular flexibility index (Phi) is 3.50. The van der Waals surface area contributed by atoms with E-state index in [1.807, 2.05) is 11.8 Å². The highest BCUT2D eigenvalue weighted by Crippen LogP contribution is 2.33. The van der Waals surface area contributed by atoms with Crippen LogP contribution in [0.2, 0.25) is 0 Å². The predicted molar refractivity (Wildman–Crippen MR) is 68.4 cm³/mol. The summed E-state index contributed by atoms with van der Waals surface area (Å²) in [6.45, 7) is 8.72. The second-order valence-corrected chi connectivity index (χ2v) is 6.94. The maximum Gasteiger partial charge on any atom is 0.240 e. The van der Waals surface area contributed by atoms with Crippen molar-refractivity contribution in [1.29, 1.82) is 0 Å². The normalized spacial score (nSPS) is 31.1. The van der Waals surface area contributed by atoms with Crippen LogP contribution in [0, 0.1) is 11.3 Å². The fraction of sp³-hybridized carbons (Fsp3) is 0.917. The number of nitrogens with zero attached hydrogens (tertiary/aromatic N) is 1. The zero-order chi connectivity index (χ0) is 11.8. The lowest BCUT2D eigenvalue weighted by Gasteiger charge is -2.27. The van der Waals surface area contributed by atoms with Crippen molar-refractivity contribution < 1.29 is 4.79 Å². The van der Waals surface area contributed by atoms with Gasteiger partial charge in [0.25, 0.3) is 0 Å². The van der Waals surface area contributed by atoms with E-state index in [0.29, 0.717) is 17.2 Å². The fourth-order valence-electron chi connectivity index (χ4n) is 2.44. The topological polar surface area (TPSA) is 32.3 Å². The summed E-state index contributed by atoms with van der Waals surface area (Å²) in [4.78, 5) is 14.2. The van der Waals surface area contributed by atoms with E-state index in [4.69, 9.17) is 0 Å². The minimum atomic E-state index is 0.0729. The number of carbonyl (C=O) groups excluding carboxylic acids is 1. The predicted octanol–water partition coefficient (Wildman–Crippen LogP) is 1.54. The molecule has 1 N–H and O–H groups in total. The number of hydrogen-bond donors (Lipinski definition) is 1. The summed E-state index contributed by atoms with van der Waals surface area (Å²) >= 11 is 1.82. The van der Waals surface area contributed by atoms with Gasteiger partial charge in [-0.1, -0.05) is 20.8 Å². The molecule has 0 aromatic rings. The molecule has 0 aromatic carbocycles. The standard InChI is InChI=1S/C12H22N2OS/c1-12(2,3)9-4-5-14(6-9)11(15)10-7-16-8-13-10/h9-10,13H,4-8H2,1-3H3. The summed E-state index contributed by atoms with van der Waals surface area (Å²) in [6, 6.07) is 0.0729. The van der Waals surface area contributed by atoms with Crippen molar-refractivity contribution in [2.24, 2.45) is 11.3 Å². The molecule has 0 aromatic heterocycles. The van der Waals surface area contributed by atoms with Crippen molar-refractivity contribution in [2.45, 2.75) is 33.2 Å². The van der Waals surface area contributed by atoms with Crippen LogP contribution < -0.4 is 5.32 Å². The van der Waals surface area contributed by atoms with E-state index >= 15 is 0 Å². The molecule has 0 saturated carbocycles. The van der Waals surface area contributed by atoms with E-state index in [1.165, 1.54) is 0 Å². The van der Waals surface area contributed by atoms with Crippen LogP contribution >= 0.6 is 11.8 Å². The van der Waals surface area contributed by atoms with Crippen LogP contribution in [0.25, 0.3) is 0 Å². The molecule has 2 aliphatic heterocycles. The molecule has 0 bridgehead atoms. The lowest BCUT2D eigenvalue weighted by molar-refractivity contribution is -0.131. The third-order valence-electron chi connectivity index (χ3n) is 3.74. The van der Waals surface area contributed by atoms with E-state index in [-0.39, 0.29) is 6.04 Å². The molecule has 2 aliphatic rings. The third kappa shape index (κ3) is 2.54. The van der Waals surface area contributed by atoms with Gasteiger partial charge in [0.1, 0.15) is 0 Å². The lowest BCUT2D eigenvalue weighted by atomic mass is 9.80. The van der Waals surface area contributed by atoms with E-state index in [1.54, 1.807) is 0 Å². The Morgan fingerprint density at radius 2 is 2.19 bits per heavy atom. The maximum absolute atomic E-state index is 12.2. The minimum Gasteiger partial charge on any atom is -0.341 e. The van der Waals surface area contributed by atoms with Gasteiger partial charge in [0.15, 0.2) is 0 Å². The van der Waals surface area contributed by atoms with Gasteiger partial charge in [-0.2, -0.15) is 0 Å². The molecule has 2 unspecified atom stereocenters.